The third-order valence-corrected chi connectivity index (χ3v) is 4.64. The Labute approximate surface area is 152 Å². The minimum atomic E-state index is 0.0504. The second-order valence-corrected chi connectivity index (χ2v) is 6.99. The first kappa shape index (κ1) is 16.5. The maximum absolute atomic E-state index is 12.5. The van der Waals surface area contributed by atoms with Gasteiger partial charge < -0.3 is 9.32 Å². The summed E-state index contributed by atoms with van der Waals surface area (Å²) in [5.41, 5.74) is 3.52. The molecule has 0 radical (unpaired) electrons. The summed E-state index contributed by atoms with van der Waals surface area (Å²) in [6.45, 7) is 2.86. The van der Waals surface area contributed by atoms with E-state index >= 15 is 0 Å². The molecule has 5 nitrogen and oxygen atoms in total. The fraction of sp³-hybridized carbons (Fsp3) is 0.286. The third kappa shape index (κ3) is 3.52. The molecule has 0 bridgehead atoms. The van der Waals surface area contributed by atoms with Gasteiger partial charge in [0.1, 0.15) is 0 Å². The van der Waals surface area contributed by atoms with E-state index in [0.29, 0.717) is 23.3 Å². The summed E-state index contributed by atoms with van der Waals surface area (Å²) in [7, 11) is 1.86. The van der Waals surface area contributed by atoms with Gasteiger partial charge in [0.2, 0.25) is 11.8 Å². The lowest BCUT2D eigenvalue weighted by atomic mass is 10.1. The van der Waals surface area contributed by atoms with Gasteiger partial charge in [-0.05, 0) is 62.1 Å². The minimum absolute atomic E-state index is 0.0504. The zero-order chi connectivity index (χ0) is 18.1. The van der Waals surface area contributed by atoms with Crippen molar-refractivity contribution in [2.75, 3.05) is 13.6 Å². The maximum atomic E-state index is 12.5. The number of nitrogens with zero attached hydrogens (tertiary/aromatic N) is 3. The van der Waals surface area contributed by atoms with Crippen molar-refractivity contribution in [3.05, 3.63) is 59.7 Å². The van der Waals surface area contributed by atoms with Crippen LogP contribution in [-0.4, -0.2) is 34.6 Å². The lowest BCUT2D eigenvalue weighted by molar-refractivity contribution is 0.0788. The molecule has 1 saturated carbocycles. The van der Waals surface area contributed by atoms with Gasteiger partial charge in [-0.2, -0.15) is 0 Å². The largest absolute Gasteiger partial charge is 0.416 e. The number of amides is 1. The average molecular weight is 347 g/mol. The van der Waals surface area contributed by atoms with Crippen LogP contribution in [0.15, 0.2) is 52.9 Å². The van der Waals surface area contributed by atoms with Crippen LogP contribution in [0.2, 0.25) is 0 Å². The highest BCUT2D eigenvalue weighted by molar-refractivity contribution is 5.94. The highest BCUT2D eigenvalue weighted by Gasteiger charge is 2.25. The molecule has 1 aromatic heterocycles. The number of carbonyl (C=O) groups is 1. The summed E-state index contributed by atoms with van der Waals surface area (Å²) in [6.07, 6.45) is 2.47. The van der Waals surface area contributed by atoms with Gasteiger partial charge in [-0.1, -0.05) is 17.7 Å². The number of aryl methyl sites for hydroxylation is 1. The van der Waals surface area contributed by atoms with Crippen LogP contribution in [0.1, 0.15) is 28.8 Å². The molecule has 0 saturated heterocycles. The van der Waals surface area contributed by atoms with Crippen molar-refractivity contribution in [1.29, 1.82) is 0 Å². The van der Waals surface area contributed by atoms with Crippen molar-refractivity contribution in [3.8, 4) is 22.9 Å². The quantitative estimate of drug-likeness (QED) is 0.694. The Morgan fingerprint density at radius 3 is 2.42 bits per heavy atom. The molecule has 132 valence electrons. The van der Waals surface area contributed by atoms with E-state index in [2.05, 4.69) is 10.2 Å². The van der Waals surface area contributed by atoms with Crippen molar-refractivity contribution < 1.29 is 9.21 Å². The molecule has 1 aliphatic rings. The van der Waals surface area contributed by atoms with Crippen molar-refractivity contribution in [1.82, 2.24) is 15.1 Å². The van der Waals surface area contributed by atoms with Crippen LogP contribution >= 0.6 is 0 Å². The molecule has 1 aliphatic carbocycles. The molecule has 0 N–H and O–H groups in total. The fourth-order valence-corrected chi connectivity index (χ4v) is 2.98. The van der Waals surface area contributed by atoms with Crippen LogP contribution in [0.5, 0.6) is 0 Å². The molecule has 1 heterocycles. The third-order valence-electron chi connectivity index (χ3n) is 4.64. The molecule has 5 heteroatoms. The van der Waals surface area contributed by atoms with Crippen LogP contribution in [0.25, 0.3) is 22.9 Å². The molecule has 2 aromatic carbocycles. The molecular weight excluding hydrogens is 326 g/mol. The summed E-state index contributed by atoms with van der Waals surface area (Å²) in [4.78, 5) is 14.3. The first-order valence-electron chi connectivity index (χ1n) is 8.86. The van der Waals surface area contributed by atoms with Gasteiger partial charge >= 0.3 is 0 Å². The standard InChI is InChI=1S/C21H21N3O2/c1-14-4-3-5-18(12-14)20-23-22-19(26-20)16-8-10-17(11-9-16)21(25)24(2)13-15-6-7-15/h3-5,8-12,15H,6-7,13H2,1-2H3. The molecule has 1 amide bonds. The second kappa shape index (κ2) is 6.75. The van der Waals surface area contributed by atoms with Gasteiger partial charge in [0.05, 0.1) is 0 Å². The predicted octanol–water partition coefficient (Wildman–Crippen LogP) is 4.19. The normalized spacial score (nSPS) is 13.6. The Bertz CT molecular complexity index is 926. The SMILES string of the molecule is Cc1cccc(-c2nnc(-c3ccc(C(=O)N(C)CC4CC4)cc3)o2)c1. The number of rotatable bonds is 5. The van der Waals surface area contributed by atoms with Gasteiger partial charge in [-0.15, -0.1) is 10.2 Å². The second-order valence-electron chi connectivity index (χ2n) is 6.99. The van der Waals surface area contributed by atoms with Crippen LogP contribution in [0.3, 0.4) is 0 Å². The molecule has 0 aliphatic heterocycles. The Hall–Kier alpha value is -2.95. The van der Waals surface area contributed by atoms with Crippen molar-refractivity contribution in [3.63, 3.8) is 0 Å². The number of carbonyl (C=O) groups excluding carboxylic acids is 1. The zero-order valence-corrected chi connectivity index (χ0v) is 15.0. The Morgan fingerprint density at radius 1 is 1.08 bits per heavy atom. The number of hydrogen-bond donors (Lipinski definition) is 0. The van der Waals surface area contributed by atoms with Gasteiger partial charge in [-0.25, -0.2) is 0 Å². The Kier molecular flexibility index (Phi) is 4.29. The topological polar surface area (TPSA) is 59.2 Å². The van der Waals surface area contributed by atoms with E-state index < -0.39 is 0 Å². The van der Waals surface area contributed by atoms with Gasteiger partial charge in [0.15, 0.2) is 0 Å². The van der Waals surface area contributed by atoms with E-state index in [4.69, 9.17) is 4.42 Å². The Balaban J connectivity index is 1.51. The molecule has 0 spiro atoms. The van der Waals surface area contributed by atoms with Crippen LogP contribution < -0.4 is 0 Å². The van der Waals surface area contributed by atoms with Gasteiger partial charge in [0, 0.05) is 30.3 Å². The fourth-order valence-electron chi connectivity index (χ4n) is 2.98. The summed E-state index contributed by atoms with van der Waals surface area (Å²) in [5, 5.41) is 8.28. The van der Waals surface area contributed by atoms with E-state index in [0.717, 1.165) is 23.2 Å². The first-order valence-corrected chi connectivity index (χ1v) is 8.86. The molecule has 0 unspecified atom stereocenters. The summed E-state index contributed by atoms with van der Waals surface area (Å²) in [6, 6.07) is 15.3. The van der Waals surface area contributed by atoms with Gasteiger partial charge in [-0.3, -0.25) is 4.79 Å². The van der Waals surface area contributed by atoms with Crippen molar-refractivity contribution in [2.45, 2.75) is 19.8 Å². The highest BCUT2D eigenvalue weighted by Crippen LogP contribution is 2.30. The highest BCUT2D eigenvalue weighted by atomic mass is 16.4. The van der Waals surface area contributed by atoms with Crippen molar-refractivity contribution >= 4 is 5.91 Å². The first-order chi connectivity index (χ1) is 12.6. The van der Waals surface area contributed by atoms with Crippen LogP contribution in [0.4, 0.5) is 0 Å². The Morgan fingerprint density at radius 2 is 1.77 bits per heavy atom. The molecule has 4 rings (SSSR count). The van der Waals surface area contributed by atoms with Crippen LogP contribution in [0, 0.1) is 12.8 Å². The summed E-state index contributed by atoms with van der Waals surface area (Å²) >= 11 is 0. The predicted molar refractivity (Wildman–Crippen MR) is 99.6 cm³/mol. The minimum Gasteiger partial charge on any atom is -0.416 e. The van der Waals surface area contributed by atoms with E-state index in [1.807, 2.05) is 62.5 Å². The molecule has 3 aromatic rings. The lowest BCUT2D eigenvalue weighted by Crippen LogP contribution is -2.28. The van der Waals surface area contributed by atoms with Crippen LogP contribution in [-0.2, 0) is 0 Å². The number of aromatic nitrogens is 2. The zero-order valence-electron chi connectivity index (χ0n) is 15.0. The maximum Gasteiger partial charge on any atom is 0.253 e. The van der Waals surface area contributed by atoms with E-state index in [1.54, 1.807) is 4.90 Å². The lowest BCUT2D eigenvalue weighted by Gasteiger charge is -2.16. The molecule has 0 atom stereocenters. The van der Waals surface area contributed by atoms with E-state index in [1.165, 1.54) is 12.8 Å². The van der Waals surface area contributed by atoms with Crippen molar-refractivity contribution in [2.24, 2.45) is 5.92 Å². The monoisotopic (exact) mass is 347 g/mol. The molecule has 26 heavy (non-hydrogen) atoms. The number of benzene rings is 2. The van der Waals surface area contributed by atoms with E-state index in [9.17, 15) is 4.79 Å². The number of hydrogen-bond acceptors (Lipinski definition) is 4. The smallest absolute Gasteiger partial charge is 0.253 e. The van der Waals surface area contributed by atoms with E-state index in [-0.39, 0.29) is 5.91 Å². The summed E-state index contributed by atoms with van der Waals surface area (Å²) in [5.74, 6) is 1.68. The molecular formula is C21H21N3O2. The molecule has 1 fully saturated rings. The summed E-state index contributed by atoms with van der Waals surface area (Å²) < 4.78 is 5.80. The van der Waals surface area contributed by atoms with Gasteiger partial charge in [0.25, 0.3) is 5.91 Å². The average Bonchev–Trinajstić information content (AvgIpc) is 3.33.